The fourth-order valence-electron chi connectivity index (χ4n) is 4.79. The second kappa shape index (κ2) is 7.05. The molecule has 0 aromatic heterocycles. The van der Waals surface area contributed by atoms with Crippen LogP contribution in [0.15, 0.2) is 0 Å². The van der Waals surface area contributed by atoms with Gasteiger partial charge < -0.3 is 14.8 Å². The molecule has 144 valence electrons. The van der Waals surface area contributed by atoms with Crippen molar-refractivity contribution in [1.29, 1.82) is 0 Å². The zero-order chi connectivity index (χ0) is 18.2. The van der Waals surface area contributed by atoms with Crippen molar-refractivity contribution >= 4 is 16.0 Å². The average molecular weight is 383 g/mol. The van der Waals surface area contributed by atoms with Crippen LogP contribution in [0.4, 0.5) is 8.78 Å². The second-order valence-corrected chi connectivity index (χ2v) is 8.80. The Hall–Kier alpha value is -0.840. The average Bonchev–Trinajstić information content (AvgIpc) is 2.50. The molecular formula is C15H23F2NO6S. The smallest absolute Gasteiger partial charge is 0.354 e. The molecule has 7 nitrogen and oxygen atoms in total. The van der Waals surface area contributed by atoms with Crippen LogP contribution in [-0.2, 0) is 24.4 Å². The first kappa shape index (κ1) is 18.9. The Labute approximate surface area is 145 Å². The number of hydrogen-bond donors (Lipinski definition) is 2. The highest BCUT2D eigenvalue weighted by Gasteiger charge is 2.52. The van der Waals surface area contributed by atoms with E-state index in [0.29, 0.717) is 11.8 Å². The van der Waals surface area contributed by atoms with Crippen molar-refractivity contribution in [3.63, 3.8) is 0 Å². The Morgan fingerprint density at radius 1 is 1.12 bits per heavy atom. The Balaban J connectivity index is 1.33. The molecule has 0 radical (unpaired) electrons. The molecule has 0 aromatic carbocycles. The minimum Gasteiger partial charge on any atom is -0.354 e. The number of alkyl halides is 2. The Morgan fingerprint density at radius 3 is 2.20 bits per heavy atom. The maximum atomic E-state index is 13.0. The topological polar surface area (TPSA) is 102 Å². The van der Waals surface area contributed by atoms with Gasteiger partial charge in [-0.2, -0.15) is 17.2 Å². The summed E-state index contributed by atoms with van der Waals surface area (Å²) in [4.78, 5) is 11.1. The summed E-state index contributed by atoms with van der Waals surface area (Å²) in [6, 6.07) is 0. The molecule has 0 unspecified atom stereocenters. The first-order valence-electron chi connectivity index (χ1n) is 8.51. The summed E-state index contributed by atoms with van der Waals surface area (Å²) in [5.41, 5.74) is 0. The van der Waals surface area contributed by atoms with Crippen LogP contribution in [0.25, 0.3) is 0 Å². The van der Waals surface area contributed by atoms with Gasteiger partial charge in [-0.25, -0.2) is 0 Å². The molecule has 0 spiro atoms. The molecule has 1 amide bonds. The standard InChI is InChI=1S/C15H23F2NO6S/c16-15(17,25(20,21)22)14(19)18-1-2-23-8-24-13-11-4-9-3-10(6-11)7-12(13)5-9/h9-13H,1-8H2,(H,18,19)(H,20,21,22). The van der Waals surface area contributed by atoms with Crippen LogP contribution in [0.1, 0.15) is 32.1 Å². The van der Waals surface area contributed by atoms with Gasteiger partial charge in [0, 0.05) is 6.54 Å². The summed E-state index contributed by atoms with van der Waals surface area (Å²) in [7, 11) is -5.78. The van der Waals surface area contributed by atoms with Crippen molar-refractivity contribution in [3.05, 3.63) is 0 Å². The lowest BCUT2D eigenvalue weighted by molar-refractivity contribution is -0.175. The maximum Gasteiger partial charge on any atom is 0.446 e. The van der Waals surface area contributed by atoms with Crippen LogP contribution >= 0.6 is 0 Å². The zero-order valence-corrected chi connectivity index (χ0v) is 14.5. The van der Waals surface area contributed by atoms with Gasteiger partial charge in [0.15, 0.2) is 0 Å². The van der Waals surface area contributed by atoms with E-state index in [1.54, 1.807) is 5.32 Å². The molecule has 0 aromatic rings. The number of halogens is 2. The number of carbonyl (C=O) groups excluding carboxylic acids is 1. The molecule has 10 heteroatoms. The van der Waals surface area contributed by atoms with E-state index in [1.165, 1.54) is 32.1 Å². The molecule has 25 heavy (non-hydrogen) atoms. The number of ether oxygens (including phenoxy) is 2. The number of carbonyl (C=O) groups is 1. The first-order valence-corrected chi connectivity index (χ1v) is 9.95. The lowest BCUT2D eigenvalue weighted by atomic mass is 9.55. The van der Waals surface area contributed by atoms with Crippen molar-refractivity contribution in [2.24, 2.45) is 23.7 Å². The predicted molar refractivity (Wildman–Crippen MR) is 82.2 cm³/mol. The van der Waals surface area contributed by atoms with Gasteiger partial charge in [0.05, 0.1) is 12.7 Å². The van der Waals surface area contributed by atoms with Crippen molar-refractivity contribution in [3.8, 4) is 0 Å². The highest BCUT2D eigenvalue weighted by atomic mass is 32.2. The molecule has 4 aliphatic carbocycles. The highest BCUT2D eigenvalue weighted by Crippen LogP contribution is 2.54. The van der Waals surface area contributed by atoms with Gasteiger partial charge in [0.25, 0.3) is 0 Å². The molecule has 4 bridgehead atoms. The van der Waals surface area contributed by atoms with Crippen LogP contribution in [-0.4, -0.2) is 50.2 Å². The van der Waals surface area contributed by atoms with Gasteiger partial charge in [0.1, 0.15) is 6.79 Å². The van der Waals surface area contributed by atoms with E-state index in [1.807, 2.05) is 0 Å². The van der Waals surface area contributed by atoms with E-state index in [0.717, 1.165) is 11.8 Å². The normalized spacial score (nSPS) is 34.3. The van der Waals surface area contributed by atoms with Gasteiger partial charge in [0.2, 0.25) is 0 Å². The van der Waals surface area contributed by atoms with Crippen molar-refractivity contribution in [1.82, 2.24) is 5.32 Å². The molecule has 4 rings (SSSR count). The van der Waals surface area contributed by atoms with Crippen molar-refractivity contribution in [2.45, 2.75) is 43.5 Å². The number of hydrogen-bond acceptors (Lipinski definition) is 5. The lowest BCUT2D eigenvalue weighted by Gasteiger charge is -2.53. The van der Waals surface area contributed by atoms with E-state index in [-0.39, 0.29) is 26.0 Å². The molecule has 0 saturated heterocycles. The summed E-state index contributed by atoms with van der Waals surface area (Å²) in [5, 5.41) is -3.16. The summed E-state index contributed by atoms with van der Waals surface area (Å²) in [6.07, 6.45) is 6.36. The van der Waals surface area contributed by atoms with Gasteiger partial charge in [-0.05, 0) is 55.8 Å². The Bertz CT molecular complexity index is 583. The molecule has 4 saturated carbocycles. The monoisotopic (exact) mass is 383 g/mol. The zero-order valence-electron chi connectivity index (χ0n) is 13.7. The van der Waals surface area contributed by atoms with Gasteiger partial charge in [-0.1, -0.05) is 0 Å². The molecule has 0 atom stereocenters. The molecule has 0 heterocycles. The second-order valence-electron chi connectivity index (χ2n) is 7.34. The van der Waals surface area contributed by atoms with Crippen LogP contribution < -0.4 is 5.32 Å². The maximum absolute atomic E-state index is 13.0. The van der Waals surface area contributed by atoms with E-state index in [9.17, 15) is 22.0 Å². The third-order valence-electron chi connectivity index (χ3n) is 5.60. The molecule has 0 aliphatic heterocycles. The Kier molecular flexibility index (Phi) is 5.34. The first-order chi connectivity index (χ1) is 11.7. The van der Waals surface area contributed by atoms with Crippen LogP contribution in [0, 0.1) is 23.7 Å². The third-order valence-corrected chi connectivity index (χ3v) is 6.44. The highest BCUT2D eigenvalue weighted by molar-refractivity contribution is 7.87. The molecule has 2 N–H and O–H groups in total. The number of nitrogens with one attached hydrogen (secondary N) is 1. The fourth-order valence-corrected chi connectivity index (χ4v) is 5.10. The van der Waals surface area contributed by atoms with E-state index >= 15 is 0 Å². The summed E-state index contributed by atoms with van der Waals surface area (Å²) < 4.78 is 66.2. The van der Waals surface area contributed by atoms with Crippen molar-refractivity contribution in [2.75, 3.05) is 19.9 Å². The summed E-state index contributed by atoms with van der Waals surface area (Å²) in [6.45, 7) is -0.396. The Morgan fingerprint density at radius 2 is 1.68 bits per heavy atom. The quantitative estimate of drug-likeness (QED) is 0.373. The van der Waals surface area contributed by atoms with Crippen LogP contribution in [0.2, 0.25) is 0 Å². The van der Waals surface area contributed by atoms with Crippen LogP contribution in [0.3, 0.4) is 0 Å². The summed E-state index contributed by atoms with van der Waals surface area (Å²) in [5.74, 6) is 0.743. The SMILES string of the molecule is O=C(NCCOCOC1C2CC3CC(C2)CC1C3)C(F)(F)S(=O)(=O)O. The van der Waals surface area contributed by atoms with Gasteiger partial charge in [-0.15, -0.1) is 0 Å². The third kappa shape index (κ3) is 3.96. The van der Waals surface area contributed by atoms with E-state index < -0.39 is 21.3 Å². The van der Waals surface area contributed by atoms with Gasteiger partial charge >= 0.3 is 21.3 Å². The van der Waals surface area contributed by atoms with E-state index in [4.69, 9.17) is 14.0 Å². The summed E-state index contributed by atoms with van der Waals surface area (Å²) >= 11 is 0. The van der Waals surface area contributed by atoms with E-state index in [2.05, 4.69) is 0 Å². The molecule has 4 aliphatic rings. The largest absolute Gasteiger partial charge is 0.446 e. The van der Waals surface area contributed by atoms with Crippen LogP contribution in [0.5, 0.6) is 0 Å². The molecular weight excluding hydrogens is 360 g/mol. The molecule has 4 fully saturated rings. The minimum atomic E-state index is -5.78. The number of amides is 1. The predicted octanol–water partition coefficient (Wildman–Crippen LogP) is 1.40. The minimum absolute atomic E-state index is 0.0115. The van der Waals surface area contributed by atoms with Crippen molar-refractivity contribution < 1.29 is 36.0 Å². The van der Waals surface area contributed by atoms with Gasteiger partial charge in [-0.3, -0.25) is 9.35 Å². The number of rotatable bonds is 8. The fraction of sp³-hybridized carbons (Fsp3) is 0.933. The lowest BCUT2D eigenvalue weighted by Crippen LogP contribution is -2.49.